The van der Waals surface area contributed by atoms with Gasteiger partial charge < -0.3 is 9.32 Å². The van der Waals surface area contributed by atoms with Gasteiger partial charge in [0.15, 0.2) is 0 Å². The molecule has 4 rings (SSSR count). The molecule has 120 valence electrons. The molecule has 23 heavy (non-hydrogen) atoms. The van der Waals surface area contributed by atoms with Crippen LogP contribution in [0.3, 0.4) is 0 Å². The molecule has 0 aliphatic carbocycles. The summed E-state index contributed by atoms with van der Waals surface area (Å²) in [7, 11) is 0. The fourth-order valence-corrected chi connectivity index (χ4v) is 3.34. The Hall–Kier alpha value is -2.37. The fraction of sp³-hybridized carbons (Fsp3) is 0.471. The van der Waals surface area contributed by atoms with Crippen LogP contribution in [0.2, 0.25) is 0 Å². The molecule has 3 aromatic rings. The minimum atomic E-state index is 0.438. The summed E-state index contributed by atoms with van der Waals surface area (Å²) in [6.07, 6.45) is 9.90. The molecule has 0 N–H and O–H groups in total. The van der Waals surface area contributed by atoms with E-state index in [1.54, 1.807) is 6.26 Å². The van der Waals surface area contributed by atoms with Gasteiger partial charge >= 0.3 is 0 Å². The number of fused-ring (bicyclic) bond motifs is 1. The largest absolute Gasteiger partial charge is 0.464 e. The molecule has 0 atom stereocenters. The SMILES string of the molecule is CCCc1cn(C2CCN(c3nccc4occc34)CC2)nn1. The van der Waals surface area contributed by atoms with Gasteiger partial charge in [0.05, 0.1) is 23.4 Å². The molecule has 0 saturated carbocycles. The van der Waals surface area contributed by atoms with Crippen LogP contribution in [0.25, 0.3) is 11.0 Å². The van der Waals surface area contributed by atoms with Gasteiger partial charge in [-0.3, -0.25) is 0 Å². The van der Waals surface area contributed by atoms with Crippen LogP contribution in [0.15, 0.2) is 35.2 Å². The normalized spacial score (nSPS) is 16.3. The molecule has 3 aromatic heterocycles. The van der Waals surface area contributed by atoms with Crippen molar-refractivity contribution in [1.29, 1.82) is 0 Å². The van der Waals surface area contributed by atoms with E-state index in [1.807, 2.05) is 23.0 Å². The van der Waals surface area contributed by atoms with E-state index < -0.39 is 0 Å². The third-order valence-electron chi connectivity index (χ3n) is 4.56. The Kier molecular flexibility index (Phi) is 3.73. The Morgan fingerprint density at radius 2 is 2.13 bits per heavy atom. The third-order valence-corrected chi connectivity index (χ3v) is 4.56. The van der Waals surface area contributed by atoms with Crippen LogP contribution in [0, 0.1) is 0 Å². The van der Waals surface area contributed by atoms with Gasteiger partial charge in [0, 0.05) is 25.5 Å². The lowest BCUT2D eigenvalue weighted by molar-refractivity contribution is 0.359. The van der Waals surface area contributed by atoms with Crippen molar-refractivity contribution in [3.8, 4) is 0 Å². The number of anilines is 1. The first-order valence-electron chi connectivity index (χ1n) is 8.33. The van der Waals surface area contributed by atoms with Gasteiger partial charge in [-0.1, -0.05) is 18.6 Å². The molecule has 1 aliphatic rings. The summed E-state index contributed by atoms with van der Waals surface area (Å²) < 4.78 is 7.53. The average Bonchev–Trinajstić information content (AvgIpc) is 3.24. The summed E-state index contributed by atoms with van der Waals surface area (Å²) in [6, 6.07) is 4.35. The van der Waals surface area contributed by atoms with Crippen molar-refractivity contribution < 1.29 is 4.42 Å². The summed E-state index contributed by atoms with van der Waals surface area (Å²) in [5.41, 5.74) is 2.00. The number of nitrogens with zero attached hydrogens (tertiary/aromatic N) is 5. The summed E-state index contributed by atoms with van der Waals surface area (Å²) in [6.45, 7) is 4.12. The van der Waals surface area contributed by atoms with Crippen LogP contribution in [0.4, 0.5) is 5.82 Å². The number of hydrogen-bond donors (Lipinski definition) is 0. The van der Waals surface area contributed by atoms with E-state index in [0.29, 0.717) is 6.04 Å². The highest BCUT2D eigenvalue weighted by Gasteiger charge is 2.23. The van der Waals surface area contributed by atoms with Crippen LogP contribution in [-0.4, -0.2) is 33.1 Å². The molecule has 6 nitrogen and oxygen atoms in total. The predicted molar refractivity (Wildman–Crippen MR) is 88.5 cm³/mol. The summed E-state index contributed by atoms with van der Waals surface area (Å²) in [5, 5.41) is 9.68. The second-order valence-electron chi connectivity index (χ2n) is 6.13. The second kappa shape index (κ2) is 6.02. The Labute approximate surface area is 135 Å². The van der Waals surface area contributed by atoms with E-state index in [4.69, 9.17) is 4.42 Å². The number of hydrogen-bond acceptors (Lipinski definition) is 5. The van der Waals surface area contributed by atoms with E-state index in [2.05, 4.69) is 33.3 Å². The van der Waals surface area contributed by atoms with E-state index in [0.717, 1.165) is 61.3 Å². The highest BCUT2D eigenvalue weighted by Crippen LogP contribution is 2.30. The lowest BCUT2D eigenvalue weighted by Crippen LogP contribution is -2.35. The summed E-state index contributed by atoms with van der Waals surface area (Å²) in [5.74, 6) is 1.03. The van der Waals surface area contributed by atoms with Gasteiger partial charge in [-0.05, 0) is 31.4 Å². The first-order valence-corrected chi connectivity index (χ1v) is 8.33. The Balaban J connectivity index is 1.47. The van der Waals surface area contributed by atoms with Crippen molar-refractivity contribution in [3.05, 3.63) is 36.5 Å². The van der Waals surface area contributed by atoms with Crippen LogP contribution < -0.4 is 4.90 Å². The van der Waals surface area contributed by atoms with Gasteiger partial charge in [0.1, 0.15) is 11.4 Å². The molecule has 1 aliphatic heterocycles. The standard InChI is InChI=1S/C17H21N5O/c1-2-3-13-12-22(20-19-13)14-5-9-21(10-6-14)17-15-7-11-23-16(15)4-8-18-17/h4,7-8,11-12,14H,2-3,5-6,9-10H2,1H3. The van der Waals surface area contributed by atoms with Crippen molar-refractivity contribution in [2.75, 3.05) is 18.0 Å². The smallest absolute Gasteiger partial charge is 0.139 e. The minimum absolute atomic E-state index is 0.438. The fourth-order valence-electron chi connectivity index (χ4n) is 3.34. The Morgan fingerprint density at radius 1 is 1.26 bits per heavy atom. The van der Waals surface area contributed by atoms with E-state index in [1.165, 1.54) is 0 Å². The maximum atomic E-state index is 5.48. The Morgan fingerprint density at radius 3 is 2.96 bits per heavy atom. The molecule has 0 bridgehead atoms. The molecule has 0 spiro atoms. The predicted octanol–water partition coefficient (Wildman–Crippen LogP) is 3.21. The topological polar surface area (TPSA) is 60.0 Å². The number of aromatic nitrogens is 4. The van der Waals surface area contributed by atoms with Gasteiger partial charge in [-0.2, -0.15) is 0 Å². The number of furan rings is 1. The lowest BCUT2D eigenvalue weighted by atomic mass is 10.0. The zero-order valence-electron chi connectivity index (χ0n) is 13.4. The van der Waals surface area contributed by atoms with Gasteiger partial charge in [-0.15, -0.1) is 5.10 Å². The number of rotatable bonds is 4. The molecular formula is C17H21N5O. The first-order chi connectivity index (χ1) is 11.3. The minimum Gasteiger partial charge on any atom is -0.464 e. The zero-order valence-corrected chi connectivity index (χ0v) is 13.4. The lowest BCUT2D eigenvalue weighted by Gasteiger charge is -2.32. The molecule has 4 heterocycles. The van der Waals surface area contributed by atoms with Crippen molar-refractivity contribution in [1.82, 2.24) is 20.0 Å². The molecule has 0 aromatic carbocycles. The van der Waals surface area contributed by atoms with Crippen LogP contribution in [0.1, 0.15) is 37.9 Å². The van der Waals surface area contributed by atoms with E-state index in [-0.39, 0.29) is 0 Å². The number of piperidine rings is 1. The first kappa shape index (κ1) is 14.2. The molecule has 0 amide bonds. The quantitative estimate of drug-likeness (QED) is 0.740. The van der Waals surface area contributed by atoms with Gasteiger partial charge in [0.2, 0.25) is 0 Å². The summed E-state index contributed by atoms with van der Waals surface area (Å²) >= 11 is 0. The van der Waals surface area contributed by atoms with Crippen LogP contribution in [-0.2, 0) is 6.42 Å². The highest BCUT2D eigenvalue weighted by atomic mass is 16.3. The van der Waals surface area contributed by atoms with Crippen molar-refractivity contribution in [2.24, 2.45) is 0 Å². The Bertz CT molecular complexity index is 785. The van der Waals surface area contributed by atoms with Gasteiger partial charge in [0.25, 0.3) is 0 Å². The zero-order chi connectivity index (χ0) is 15.6. The van der Waals surface area contributed by atoms with Gasteiger partial charge in [-0.25, -0.2) is 9.67 Å². The maximum absolute atomic E-state index is 5.48. The molecule has 0 unspecified atom stereocenters. The number of pyridine rings is 1. The van der Waals surface area contributed by atoms with Crippen molar-refractivity contribution >= 4 is 16.8 Å². The molecule has 1 saturated heterocycles. The molecule has 0 radical (unpaired) electrons. The van der Waals surface area contributed by atoms with Crippen LogP contribution in [0.5, 0.6) is 0 Å². The number of aryl methyl sites for hydroxylation is 1. The summed E-state index contributed by atoms with van der Waals surface area (Å²) in [4.78, 5) is 6.91. The van der Waals surface area contributed by atoms with Crippen molar-refractivity contribution in [2.45, 2.75) is 38.6 Å². The third kappa shape index (κ3) is 2.69. The molecular weight excluding hydrogens is 290 g/mol. The van der Waals surface area contributed by atoms with Crippen molar-refractivity contribution in [3.63, 3.8) is 0 Å². The molecule has 6 heteroatoms. The highest BCUT2D eigenvalue weighted by molar-refractivity contribution is 5.88. The maximum Gasteiger partial charge on any atom is 0.139 e. The monoisotopic (exact) mass is 311 g/mol. The average molecular weight is 311 g/mol. The van der Waals surface area contributed by atoms with E-state index >= 15 is 0 Å². The van der Waals surface area contributed by atoms with Crippen LogP contribution >= 0.6 is 0 Å². The van der Waals surface area contributed by atoms with E-state index in [9.17, 15) is 0 Å². The second-order valence-corrected chi connectivity index (χ2v) is 6.13. The molecule has 1 fully saturated rings.